The van der Waals surface area contributed by atoms with Gasteiger partial charge in [0.05, 0.1) is 34.1 Å². The van der Waals surface area contributed by atoms with Gasteiger partial charge in [-0.1, -0.05) is 11.6 Å². The highest BCUT2D eigenvalue weighted by Gasteiger charge is 2.14. The summed E-state index contributed by atoms with van der Waals surface area (Å²) in [5.41, 5.74) is 2.31. The first-order valence-corrected chi connectivity index (χ1v) is 10.7. The predicted octanol–water partition coefficient (Wildman–Crippen LogP) is 2.71. The van der Waals surface area contributed by atoms with Crippen LogP contribution in [0.4, 0.5) is 0 Å². The number of likely N-dealkylation sites (N-methyl/N-ethyl adjacent to an activating group) is 1. The molecule has 0 spiro atoms. The van der Waals surface area contributed by atoms with E-state index in [2.05, 4.69) is 5.10 Å². The Morgan fingerprint density at radius 2 is 1.90 bits per heavy atom. The fourth-order valence-electron chi connectivity index (χ4n) is 2.75. The number of sulfonamides is 1. The molecule has 0 saturated heterocycles. The number of nitrogens with two attached hydrogens (primary N) is 1. The Labute approximate surface area is 183 Å². The number of ether oxygens (including phenoxy) is 1. The molecule has 1 heterocycles. The molecule has 11 heteroatoms. The minimum absolute atomic E-state index is 0.0332. The molecule has 162 valence electrons. The average Bonchev–Trinajstić information content (AvgIpc) is 3.15. The van der Waals surface area contributed by atoms with Crippen LogP contribution in [0.5, 0.6) is 5.75 Å². The molecule has 0 unspecified atom stereocenters. The number of methoxy groups -OCH3 is 1. The van der Waals surface area contributed by atoms with E-state index >= 15 is 0 Å². The van der Waals surface area contributed by atoms with Crippen LogP contribution >= 0.6 is 11.6 Å². The van der Waals surface area contributed by atoms with Crippen molar-refractivity contribution in [2.45, 2.75) is 4.90 Å². The fraction of sp³-hybridized carbons (Fsp3) is 0.100. The normalized spacial score (nSPS) is 11.6. The lowest BCUT2D eigenvalue weighted by atomic mass is 10.1. The largest absolute Gasteiger partial charge is 0.495 e. The van der Waals surface area contributed by atoms with Gasteiger partial charge in [-0.2, -0.15) is 5.10 Å². The van der Waals surface area contributed by atoms with E-state index in [1.165, 1.54) is 38.4 Å². The fourth-order valence-corrected chi connectivity index (χ4v) is 3.52. The molecule has 2 aromatic carbocycles. The number of aromatic nitrogens is 2. The molecule has 0 saturated carbocycles. The maximum absolute atomic E-state index is 11.6. The molecule has 0 atom stereocenters. The van der Waals surface area contributed by atoms with Gasteiger partial charge >= 0.3 is 0 Å². The average molecular weight is 463 g/mol. The Bertz CT molecular complexity index is 1250. The van der Waals surface area contributed by atoms with E-state index in [4.69, 9.17) is 21.5 Å². The third-order valence-corrected chi connectivity index (χ3v) is 5.53. The van der Waals surface area contributed by atoms with E-state index in [1.807, 2.05) is 0 Å². The topological polar surface area (TPSA) is 128 Å². The van der Waals surface area contributed by atoms with Gasteiger partial charge < -0.3 is 4.74 Å². The molecule has 3 N–H and O–H groups in total. The molecule has 3 rings (SSSR count). The molecule has 3 aromatic rings. The smallest absolute Gasteiger partial charge is 0.269 e. The van der Waals surface area contributed by atoms with E-state index in [-0.39, 0.29) is 4.90 Å². The van der Waals surface area contributed by atoms with Gasteiger partial charge in [0.1, 0.15) is 5.75 Å². The molecule has 1 aromatic heterocycles. The third kappa shape index (κ3) is 5.12. The number of primary sulfonamides is 1. The number of carbonyl (C=O) groups excluding carboxylic acids is 1. The highest BCUT2D eigenvalue weighted by atomic mass is 35.5. The molecular weight excluding hydrogens is 444 g/mol. The van der Waals surface area contributed by atoms with Gasteiger partial charge in [0.2, 0.25) is 10.0 Å². The molecular formula is C20H19ClN4O5S. The molecule has 0 aliphatic heterocycles. The van der Waals surface area contributed by atoms with Crippen molar-refractivity contribution in [1.82, 2.24) is 14.8 Å². The van der Waals surface area contributed by atoms with Gasteiger partial charge in [-0.05, 0) is 54.6 Å². The van der Waals surface area contributed by atoms with Gasteiger partial charge in [-0.3, -0.25) is 10.0 Å². The second-order valence-electron chi connectivity index (χ2n) is 6.45. The maximum Gasteiger partial charge on any atom is 0.269 e. The van der Waals surface area contributed by atoms with Crippen molar-refractivity contribution in [3.05, 3.63) is 65.3 Å². The summed E-state index contributed by atoms with van der Waals surface area (Å²) in [7, 11) is -1.11. The molecule has 0 radical (unpaired) electrons. The van der Waals surface area contributed by atoms with Crippen molar-refractivity contribution in [2.75, 3.05) is 14.2 Å². The van der Waals surface area contributed by atoms with Crippen LogP contribution in [0.15, 0.2) is 59.5 Å². The van der Waals surface area contributed by atoms with Crippen LogP contribution in [-0.2, 0) is 14.8 Å². The molecule has 0 aliphatic rings. The monoisotopic (exact) mass is 462 g/mol. The van der Waals surface area contributed by atoms with Crippen LogP contribution in [0.3, 0.4) is 0 Å². The highest BCUT2D eigenvalue weighted by molar-refractivity contribution is 7.89. The summed E-state index contributed by atoms with van der Waals surface area (Å²) in [6.45, 7) is 0. The second-order valence-corrected chi connectivity index (χ2v) is 8.42. The standard InChI is InChI=1S/C20H19ClN4O5S/c1-24(27)20(26)10-4-14-12-18(13-3-9-19(30-2)17(21)11-13)25(23-14)15-5-7-16(8-6-15)31(22,28)29/h3-12,27H,1-2H3,(H2,22,28,29)/b10-4+. The Hall–Kier alpha value is -3.18. The summed E-state index contributed by atoms with van der Waals surface area (Å²) in [5.74, 6) is -0.119. The second kappa shape index (κ2) is 8.90. The first kappa shape index (κ1) is 22.5. The summed E-state index contributed by atoms with van der Waals surface area (Å²) in [6, 6.07) is 12.8. The molecule has 0 bridgehead atoms. The first-order chi connectivity index (χ1) is 14.6. The Morgan fingerprint density at radius 1 is 1.23 bits per heavy atom. The maximum atomic E-state index is 11.6. The van der Waals surface area contributed by atoms with Crippen molar-refractivity contribution < 1.29 is 23.2 Å². The van der Waals surface area contributed by atoms with Crippen molar-refractivity contribution in [2.24, 2.45) is 5.14 Å². The minimum atomic E-state index is -3.84. The number of nitrogens with zero attached hydrogens (tertiary/aromatic N) is 3. The number of benzene rings is 2. The van der Waals surface area contributed by atoms with Crippen LogP contribution in [0, 0.1) is 0 Å². The van der Waals surface area contributed by atoms with Crippen molar-refractivity contribution >= 4 is 33.6 Å². The number of carbonyl (C=O) groups is 1. The van der Waals surface area contributed by atoms with E-state index in [1.54, 1.807) is 41.1 Å². The zero-order chi connectivity index (χ0) is 22.8. The van der Waals surface area contributed by atoms with Gasteiger partial charge in [-0.15, -0.1) is 0 Å². The summed E-state index contributed by atoms with van der Waals surface area (Å²) < 4.78 is 29.8. The Morgan fingerprint density at radius 3 is 2.45 bits per heavy atom. The number of rotatable bonds is 6. The van der Waals surface area contributed by atoms with Crippen LogP contribution in [-0.4, -0.2) is 48.5 Å². The summed E-state index contributed by atoms with van der Waals surface area (Å²) >= 11 is 6.27. The molecule has 0 aliphatic carbocycles. The Balaban J connectivity index is 2.12. The summed E-state index contributed by atoms with van der Waals surface area (Å²) in [5, 5.41) is 19.7. The van der Waals surface area contributed by atoms with Gasteiger partial charge in [0.25, 0.3) is 5.91 Å². The number of hydrogen-bond donors (Lipinski definition) is 2. The zero-order valence-corrected chi connectivity index (χ0v) is 18.1. The Kier molecular flexibility index (Phi) is 6.46. The molecule has 9 nitrogen and oxygen atoms in total. The highest BCUT2D eigenvalue weighted by Crippen LogP contribution is 2.32. The first-order valence-electron chi connectivity index (χ1n) is 8.82. The molecule has 0 fully saturated rings. The van der Waals surface area contributed by atoms with Crippen LogP contribution in [0.2, 0.25) is 5.02 Å². The van der Waals surface area contributed by atoms with E-state index < -0.39 is 15.9 Å². The number of hydroxylamine groups is 2. The minimum Gasteiger partial charge on any atom is -0.495 e. The van der Waals surface area contributed by atoms with Gasteiger partial charge in [0.15, 0.2) is 0 Å². The van der Waals surface area contributed by atoms with Crippen LogP contribution in [0.1, 0.15) is 5.69 Å². The quantitative estimate of drug-likeness (QED) is 0.329. The summed E-state index contributed by atoms with van der Waals surface area (Å²) in [4.78, 5) is 11.6. The van der Waals surface area contributed by atoms with Crippen LogP contribution in [0.25, 0.3) is 23.0 Å². The predicted molar refractivity (Wildman–Crippen MR) is 116 cm³/mol. The number of hydrogen-bond acceptors (Lipinski definition) is 6. The van der Waals surface area contributed by atoms with Crippen molar-refractivity contribution in [1.29, 1.82) is 0 Å². The van der Waals surface area contributed by atoms with Crippen LogP contribution < -0.4 is 9.88 Å². The van der Waals surface area contributed by atoms with E-state index in [0.29, 0.717) is 38.5 Å². The molecule has 1 amide bonds. The zero-order valence-electron chi connectivity index (χ0n) is 16.6. The number of amides is 1. The molecule has 31 heavy (non-hydrogen) atoms. The lowest BCUT2D eigenvalue weighted by Crippen LogP contribution is -2.19. The van der Waals surface area contributed by atoms with Gasteiger partial charge in [0, 0.05) is 18.7 Å². The summed E-state index contributed by atoms with van der Waals surface area (Å²) in [6.07, 6.45) is 2.61. The lowest BCUT2D eigenvalue weighted by Gasteiger charge is -2.10. The van der Waals surface area contributed by atoms with Crippen molar-refractivity contribution in [3.8, 4) is 22.7 Å². The van der Waals surface area contributed by atoms with Crippen molar-refractivity contribution in [3.63, 3.8) is 0 Å². The third-order valence-electron chi connectivity index (χ3n) is 4.30. The SMILES string of the molecule is COc1ccc(-c2cc(/C=C/C(=O)N(C)O)nn2-c2ccc(S(N)(=O)=O)cc2)cc1Cl. The lowest BCUT2D eigenvalue weighted by molar-refractivity contribution is -0.153. The van der Waals surface area contributed by atoms with Gasteiger partial charge in [-0.25, -0.2) is 23.3 Å². The van der Waals surface area contributed by atoms with E-state index in [9.17, 15) is 18.4 Å². The van der Waals surface area contributed by atoms with E-state index in [0.717, 1.165) is 0 Å². The number of halogens is 1.